The van der Waals surface area contributed by atoms with Crippen molar-refractivity contribution in [2.24, 2.45) is 0 Å². The fourth-order valence-electron chi connectivity index (χ4n) is 2.20. The van der Waals surface area contributed by atoms with Crippen LogP contribution in [0.3, 0.4) is 0 Å². The lowest BCUT2D eigenvalue weighted by Crippen LogP contribution is -2.04. The monoisotopic (exact) mass is 300 g/mol. The molecule has 0 bridgehead atoms. The van der Waals surface area contributed by atoms with Crippen molar-refractivity contribution in [3.05, 3.63) is 23.0 Å². The van der Waals surface area contributed by atoms with Crippen molar-refractivity contribution in [1.82, 2.24) is 0 Å². The number of unbranched alkanes of at least 4 members (excludes halogenated alkanes) is 7. The molecule has 20 heavy (non-hydrogen) atoms. The first kappa shape index (κ1) is 17.1. The third-order valence-corrected chi connectivity index (χ3v) is 3.73. The Morgan fingerprint density at radius 2 is 1.65 bits per heavy atom. The van der Waals surface area contributed by atoms with Gasteiger partial charge in [0.05, 0.1) is 16.4 Å². The summed E-state index contributed by atoms with van der Waals surface area (Å²) in [6, 6.07) is 2.81. The molecule has 0 amide bonds. The van der Waals surface area contributed by atoms with Crippen LogP contribution in [0.1, 0.15) is 58.3 Å². The number of halogens is 2. The van der Waals surface area contributed by atoms with E-state index in [-0.39, 0.29) is 5.02 Å². The summed E-state index contributed by atoms with van der Waals surface area (Å²) in [6.07, 6.45) is 10.2. The second kappa shape index (κ2) is 9.87. The molecule has 1 aromatic rings. The lowest BCUT2D eigenvalue weighted by molar-refractivity contribution is 0.581. The molecule has 0 unspecified atom stereocenters. The second-order valence-corrected chi connectivity index (χ2v) is 5.66. The third-order valence-electron chi connectivity index (χ3n) is 3.44. The van der Waals surface area contributed by atoms with Gasteiger partial charge < -0.3 is 11.1 Å². The van der Waals surface area contributed by atoms with Gasteiger partial charge in [-0.2, -0.15) is 0 Å². The molecular weight excluding hydrogens is 275 g/mol. The minimum atomic E-state index is -0.431. The zero-order valence-corrected chi connectivity index (χ0v) is 13.1. The Kier molecular flexibility index (Phi) is 8.43. The highest BCUT2D eigenvalue weighted by atomic mass is 35.5. The van der Waals surface area contributed by atoms with Crippen molar-refractivity contribution in [3.8, 4) is 0 Å². The number of benzene rings is 1. The summed E-state index contributed by atoms with van der Waals surface area (Å²) < 4.78 is 13.3. The van der Waals surface area contributed by atoms with Crippen LogP contribution in [0.5, 0.6) is 0 Å². The Hall–Kier alpha value is -0.960. The normalized spacial score (nSPS) is 10.8. The molecule has 0 saturated heterocycles. The van der Waals surface area contributed by atoms with Gasteiger partial charge in [0.15, 0.2) is 0 Å². The molecule has 0 spiro atoms. The molecule has 1 rings (SSSR count). The molecular formula is C16H26ClFN2. The molecule has 0 atom stereocenters. The predicted octanol–water partition coefficient (Wildman–Crippen LogP) is 5.61. The zero-order valence-electron chi connectivity index (χ0n) is 12.4. The average Bonchev–Trinajstić information content (AvgIpc) is 2.42. The van der Waals surface area contributed by atoms with E-state index in [2.05, 4.69) is 12.2 Å². The predicted molar refractivity (Wildman–Crippen MR) is 86.9 cm³/mol. The quantitative estimate of drug-likeness (QED) is 0.435. The van der Waals surface area contributed by atoms with Crippen molar-refractivity contribution >= 4 is 23.0 Å². The highest BCUT2D eigenvalue weighted by Gasteiger charge is 2.05. The number of anilines is 2. The maximum absolute atomic E-state index is 13.3. The molecule has 2 nitrogen and oxygen atoms in total. The Morgan fingerprint density at radius 3 is 2.30 bits per heavy atom. The number of nitrogen functional groups attached to an aromatic ring is 1. The Balaban J connectivity index is 2.11. The van der Waals surface area contributed by atoms with E-state index in [1.54, 1.807) is 0 Å². The van der Waals surface area contributed by atoms with Crippen LogP contribution in [0.15, 0.2) is 12.1 Å². The molecule has 1 aromatic carbocycles. The molecule has 0 saturated carbocycles. The summed E-state index contributed by atoms with van der Waals surface area (Å²) in [5, 5.41) is 3.24. The summed E-state index contributed by atoms with van der Waals surface area (Å²) in [5.41, 5.74) is 6.92. The number of hydrogen-bond donors (Lipinski definition) is 2. The van der Waals surface area contributed by atoms with Gasteiger partial charge in [-0.1, -0.05) is 63.5 Å². The van der Waals surface area contributed by atoms with Crippen LogP contribution in [0.4, 0.5) is 15.8 Å². The van der Waals surface area contributed by atoms with E-state index >= 15 is 0 Å². The van der Waals surface area contributed by atoms with Gasteiger partial charge in [-0.25, -0.2) is 4.39 Å². The molecule has 0 aliphatic carbocycles. The first-order valence-electron chi connectivity index (χ1n) is 7.63. The summed E-state index contributed by atoms with van der Waals surface area (Å²) in [4.78, 5) is 0. The van der Waals surface area contributed by atoms with E-state index in [9.17, 15) is 4.39 Å². The van der Waals surface area contributed by atoms with Crippen LogP contribution in [0, 0.1) is 5.82 Å². The third kappa shape index (κ3) is 6.47. The van der Waals surface area contributed by atoms with Gasteiger partial charge in [-0.05, 0) is 12.5 Å². The molecule has 0 aromatic heterocycles. The van der Waals surface area contributed by atoms with Gasteiger partial charge in [-0.3, -0.25) is 0 Å². The molecule has 4 heteroatoms. The lowest BCUT2D eigenvalue weighted by atomic mass is 10.1. The van der Waals surface area contributed by atoms with Gasteiger partial charge in [0.1, 0.15) is 5.82 Å². The van der Waals surface area contributed by atoms with Crippen LogP contribution in [-0.2, 0) is 0 Å². The molecule has 114 valence electrons. The van der Waals surface area contributed by atoms with Crippen molar-refractivity contribution in [1.29, 1.82) is 0 Å². The number of nitrogens with one attached hydrogen (secondary N) is 1. The Labute approximate surface area is 126 Å². The van der Waals surface area contributed by atoms with Crippen LogP contribution < -0.4 is 11.1 Å². The van der Waals surface area contributed by atoms with Gasteiger partial charge >= 0.3 is 0 Å². The summed E-state index contributed by atoms with van der Waals surface area (Å²) in [6.45, 7) is 3.05. The molecule has 0 radical (unpaired) electrons. The highest BCUT2D eigenvalue weighted by molar-refractivity contribution is 6.31. The maximum Gasteiger partial charge on any atom is 0.143 e. The van der Waals surface area contributed by atoms with E-state index in [0.717, 1.165) is 13.0 Å². The van der Waals surface area contributed by atoms with E-state index in [1.165, 1.54) is 57.1 Å². The minimum Gasteiger partial charge on any atom is -0.397 e. The first-order chi connectivity index (χ1) is 9.65. The van der Waals surface area contributed by atoms with Gasteiger partial charge in [0.25, 0.3) is 0 Å². The molecule has 0 fully saturated rings. The van der Waals surface area contributed by atoms with E-state index in [0.29, 0.717) is 11.4 Å². The Morgan fingerprint density at radius 1 is 1.05 bits per heavy atom. The topological polar surface area (TPSA) is 38.0 Å². The molecule has 0 heterocycles. The number of hydrogen-bond acceptors (Lipinski definition) is 2. The summed E-state index contributed by atoms with van der Waals surface area (Å²) >= 11 is 5.66. The van der Waals surface area contributed by atoms with Crippen molar-refractivity contribution < 1.29 is 4.39 Å². The van der Waals surface area contributed by atoms with E-state index < -0.39 is 5.82 Å². The van der Waals surface area contributed by atoms with Crippen LogP contribution in [0.25, 0.3) is 0 Å². The van der Waals surface area contributed by atoms with E-state index in [1.807, 2.05) is 0 Å². The SMILES string of the molecule is CCCCCCCCCCNc1cc(F)c(Cl)cc1N. The first-order valence-corrected chi connectivity index (χ1v) is 8.01. The van der Waals surface area contributed by atoms with E-state index in [4.69, 9.17) is 17.3 Å². The van der Waals surface area contributed by atoms with Crippen molar-refractivity contribution in [2.75, 3.05) is 17.6 Å². The fraction of sp³-hybridized carbons (Fsp3) is 0.625. The van der Waals surface area contributed by atoms with Crippen molar-refractivity contribution in [3.63, 3.8) is 0 Å². The molecule has 0 aliphatic rings. The van der Waals surface area contributed by atoms with Crippen LogP contribution in [0.2, 0.25) is 5.02 Å². The number of rotatable bonds is 10. The van der Waals surface area contributed by atoms with Crippen molar-refractivity contribution in [2.45, 2.75) is 58.3 Å². The summed E-state index contributed by atoms with van der Waals surface area (Å²) in [5.74, 6) is -0.431. The van der Waals surface area contributed by atoms with Gasteiger partial charge in [0.2, 0.25) is 0 Å². The van der Waals surface area contributed by atoms with Crippen LogP contribution >= 0.6 is 11.6 Å². The zero-order chi connectivity index (χ0) is 14.8. The smallest absolute Gasteiger partial charge is 0.143 e. The average molecular weight is 301 g/mol. The summed E-state index contributed by atoms with van der Waals surface area (Å²) in [7, 11) is 0. The second-order valence-electron chi connectivity index (χ2n) is 5.26. The maximum atomic E-state index is 13.3. The van der Waals surface area contributed by atoms with Gasteiger partial charge in [0, 0.05) is 12.6 Å². The largest absolute Gasteiger partial charge is 0.397 e. The molecule has 3 N–H and O–H groups in total. The Bertz CT molecular complexity index is 396. The molecule has 0 aliphatic heterocycles. The number of nitrogens with two attached hydrogens (primary N) is 1. The lowest BCUT2D eigenvalue weighted by Gasteiger charge is -2.10. The van der Waals surface area contributed by atoms with Crippen LogP contribution in [-0.4, -0.2) is 6.54 Å². The fourth-order valence-corrected chi connectivity index (χ4v) is 2.37. The minimum absolute atomic E-state index is 0.0696. The highest BCUT2D eigenvalue weighted by Crippen LogP contribution is 2.26. The van der Waals surface area contributed by atoms with Gasteiger partial charge in [-0.15, -0.1) is 0 Å². The standard InChI is InChI=1S/C16H26ClFN2/c1-2-3-4-5-6-7-8-9-10-20-16-12-14(18)13(17)11-15(16)19/h11-12,20H,2-10,19H2,1H3.